The molecular formula is C25H33N3O2. The Labute approximate surface area is 180 Å². The van der Waals surface area contributed by atoms with E-state index in [1.807, 2.05) is 12.1 Å². The average molecular weight is 408 g/mol. The van der Waals surface area contributed by atoms with E-state index < -0.39 is 0 Å². The van der Waals surface area contributed by atoms with Crippen LogP contribution in [0.5, 0.6) is 5.75 Å². The number of ether oxygens (including phenoxy) is 1. The van der Waals surface area contributed by atoms with Crippen LogP contribution in [-0.4, -0.2) is 62.1 Å². The monoisotopic (exact) mass is 407 g/mol. The number of rotatable bonds is 5. The molecule has 2 saturated heterocycles. The van der Waals surface area contributed by atoms with Crippen molar-refractivity contribution in [3.63, 3.8) is 0 Å². The van der Waals surface area contributed by atoms with Crippen molar-refractivity contribution in [1.82, 2.24) is 9.80 Å². The first-order valence-corrected chi connectivity index (χ1v) is 11.1. The minimum atomic E-state index is 0.186. The Hall–Kier alpha value is -2.53. The molecule has 2 heterocycles. The summed E-state index contributed by atoms with van der Waals surface area (Å²) in [5, 5.41) is 0. The molecular weight excluding hydrogens is 374 g/mol. The molecule has 0 atom stereocenters. The topological polar surface area (TPSA) is 36.0 Å². The van der Waals surface area contributed by atoms with E-state index in [0.717, 1.165) is 64.4 Å². The molecule has 0 aliphatic carbocycles. The predicted molar refractivity (Wildman–Crippen MR) is 121 cm³/mol. The van der Waals surface area contributed by atoms with Gasteiger partial charge in [-0.1, -0.05) is 24.3 Å². The van der Waals surface area contributed by atoms with Gasteiger partial charge in [0.1, 0.15) is 5.75 Å². The van der Waals surface area contributed by atoms with Crippen LogP contribution in [0.2, 0.25) is 0 Å². The van der Waals surface area contributed by atoms with Gasteiger partial charge in [-0.25, -0.2) is 0 Å². The van der Waals surface area contributed by atoms with Crippen molar-refractivity contribution in [3.8, 4) is 5.75 Å². The van der Waals surface area contributed by atoms with E-state index in [-0.39, 0.29) is 5.92 Å². The summed E-state index contributed by atoms with van der Waals surface area (Å²) in [6, 6.07) is 16.8. The van der Waals surface area contributed by atoms with Gasteiger partial charge < -0.3 is 14.5 Å². The maximum atomic E-state index is 13.1. The van der Waals surface area contributed by atoms with Crippen molar-refractivity contribution >= 4 is 11.6 Å². The number of piperazine rings is 1. The highest BCUT2D eigenvalue weighted by Gasteiger charge is 2.30. The van der Waals surface area contributed by atoms with Gasteiger partial charge in [-0.05, 0) is 68.2 Å². The number of piperidine rings is 1. The molecule has 0 saturated carbocycles. The van der Waals surface area contributed by atoms with Crippen LogP contribution >= 0.6 is 0 Å². The zero-order valence-corrected chi connectivity index (χ0v) is 18.2. The van der Waals surface area contributed by atoms with E-state index >= 15 is 0 Å². The SMILES string of the molecule is COc1ccc(N2CCN(C(=O)C3CCN(Cc4ccccc4C)CC3)CC2)cc1. The van der Waals surface area contributed by atoms with Crippen molar-refractivity contribution in [2.75, 3.05) is 51.3 Å². The van der Waals surface area contributed by atoms with E-state index in [2.05, 4.69) is 58.0 Å². The third-order valence-corrected chi connectivity index (χ3v) is 6.62. The largest absolute Gasteiger partial charge is 0.497 e. The molecule has 5 heteroatoms. The molecule has 2 aliphatic rings. The fraction of sp³-hybridized carbons (Fsp3) is 0.480. The first kappa shape index (κ1) is 20.7. The number of methoxy groups -OCH3 is 1. The lowest BCUT2D eigenvalue weighted by molar-refractivity contribution is -0.137. The van der Waals surface area contributed by atoms with Crippen LogP contribution in [0.1, 0.15) is 24.0 Å². The minimum absolute atomic E-state index is 0.186. The molecule has 0 aromatic heterocycles. The molecule has 2 aromatic rings. The summed E-state index contributed by atoms with van der Waals surface area (Å²) in [4.78, 5) is 20.0. The van der Waals surface area contributed by atoms with Crippen molar-refractivity contribution in [2.45, 2.75) is 26.3 Å². The van der Waals surface area contributed by atoms with Crippen LogP contribution in [0, 0.1) is 12.8 Å². The summed E-state index contributed by atoms with van der Waals surface area (Å²) in [6.07, 6.45) is 1.95. The van der Waals surface area contributed by atoms with Crippen molar-refractivity contribution in [3.05, 3.63) is 59.7 Å². The number of hydrogen-bond acceptors (Lipinski definition) is 4. The average Bonchev–Trinajstić information content (AvgIpc) is 2.81. The van der Waals surface area contributed by atoms with Gasteiger partial charge in [0.25, 0.3) is 0 Å². The summed E-state index contributed by atoms with van der Waals surface area (Å²) >= 11 is 0. The lowest BCUT2D eigenvalue weighted by atomic mass is 9.94. The van der Waals surface area contributed by atoms with Gasteiger partial charge >= 0.3 is 0 Å². The predicted octanol–water partition coefficient (Wildman–Crippen LogP) is 3.56. The quantitative estimate of drug-likeness (QED) is 0.759. The van der Waals surface area contributed by atoms with E-state index in [1.54, 1.807) is 7.11 Å². The number of likely N-dealkylation sites (tertiary alicyclic amines) is 1. The van der Waals surface area contributed by atoms with Crippen molar-refractivity contribution < 1.29 is 9.53 Å². The second-order valence-corrected chi connectivity index (χ2v) is 8.49. The molecule has 30 heavy (non-hydrogen) atoms. The summed E-state index contributed by atoms with van der Waals surface area (Å²) < 4.78 is 5.24. The van der Waals surface area contributed by atoms with Gasteiger partial charge in [0.05, 0.1) is 7.11 Å². The Kier molecular flexibility index (Phi) is 6.58. The molecule has 0 unspecified atom stereocenters. The van der Waals surface area contributed by atoms with E-state index in [0.29, 0.717) is 5.91 Å². The van der Waals surface area contributed by atoms with Gasteiger partial charge in [0, 0.05) is 44.3 Å². The molecule has 2 aliphatic heterocycles. The highest BCUT2D eigenvalue weighted by Crippen LogP contribution is 2.24. The number of carbonyl (C=O) groups is 1. The Balaban J connectivity index is 1.24. The van der Waals surface area contributed by atoms with Crippen LogP contribution in [0.3, 0.4) is 0 Å². The minimum Gasteiger partial charge on any atom is -0.497 e. The molecule has 0 bridgehead atoms. The van der Waals surface area contributed by atoms with Crippen molar-refractivity contribution in [2.24, 2.45) is 5.92 Å². The Bertz CT molecular complexity index is 836. The van der Waals surface area contributed by atoms with Gasteiger partial charge in [0.2, 0.25) is 5.91 Å². The van der Waals surface area contributed by atoms with Gasteiger partial charge in [-0.3, -0.25) is 9.69 Å². The van der Waals surface area contributed by atoms with Crippen molar-refractivity contribution in [1.29, 1.82) is 0 Å². The molecule has 0 radical (unpaired) electrons. The molecule has 0 spiro atoms. The number of amides is 1. The lowest BCUT2D eigenvalue weighted by Crippen LogP contribution is -2.51. The number of benzene rings is 2. The number of carbonyl (C=O) groups excluding carboxylic acids is 1. The maximum Gasteiger partial charge on any atom is 0.225 e. The van der Waals surface area contributed by atoms with Gasteiger partial charge in [-0.15, -0.1) is 0 Å². The Morgan fingerprint density at radius 1 is 0.933 bits per heavy atom. The van der Waals surface area contributed by atoms with Crippen LogP contribution < -0.4 is 9.64 Å². The number of aryl methyl sites for hydroxylation is 1. The summed E-state index contributed by atoms with van der Waals surface area (Å²) in [5.41, 5.74) is 3.95. The van der Waals surface area contributed by atoms with Crippen LogP contribution in [-0.2, 0) is 11.3 Å². The first-order chi connectivity index (χ1) is 14.6. The van der Waals surface area contributed by atoms with Crippen LogP contribution in [0.25, 0.3) is 0 Å². The Morgan fingerprint density at radius 2 is 1.60 bits per heavy atom. The zero-order chi connectivity index (χ0) is 20.9. The molecule has 4 rings (SSSR count). The molecule has 0 N–H and O–H groups in total. The van der Waals surface area contributed by atoms with Gasteiger partial charge in [-0.2, -0.15) is 0 Å². The first-order valence-electron chi connectivity index (χ1n) is 11.1. The van der Waals surface area contributed by atoms with Crippen LogP contribution in [0.15, 0.2) is 48.5 Å². The normalized spacial score (nSPS) is 18.5. The highest BCUT2D eigenvalue weighted by atomic mass is 16.5. The third kappa shape index (κ3) is 4.78. The summed E-state index contributed by atoms with van der Waals surface area (Å²) in [5.74, 6) is 1.42. The Morgan fingerprint density at radius 3 is 2.23 bits per heavy atom. The molecule has 5 nitrogen and oxygen atoms in total. The fourth-order valence-corrected chi connectivity index (χ4v) is 4.60. The van der Waals surface area contributed by atoms with E-state index in [1.165, 1.54) is 16.8 Å². The second-order valence-electron chi connectivity index (χ2n) is 8.49. The zero-order valence-electron chi connectivity index (χ0n) is 18.2. The smallest absolute Gasteiger partial charge is 0.225 e. The fourth-order valence-electron chi connectivity index (χ4n) is 4.60. The molecule has 1 amide bonds. The van der Waals surface area contributed by atoms with Crippen LogP contribution in [0.4, 0.5) is 5.69 Å². The summed E-state index contributed by atoms with van der Waals surface area (Å²) in [6.45, 7) is 8.61. The molecule has 2 fully saturated rings. The third-order valence-electron chi connectivity index (χ3n) is 6.62. The molecule has 2 aromatic carbocycles. The van der Waals surface area contributed by atoms with Gasteiger partial charge in [0.15, 0.2) is 0 Å². The summed E-state index contributed by atoms with van der Waals surface area (Å²) in [7, 11) is 1.69. The molecule has 160 valence electrons. The standard InChI is InChI=1S/C25H33N3O2/c1-20-5-3-4-6-22(20)19-26-13-11-21(12-14-26)25(29)28-17-15-27(16-18-28)23-7-9-24(30-2)10-8-23/h3-10,21H,11-19H2,1-2H3. The number of nitrogens with zero attached hydrogens (tertiary/aromatic N) is 3. The highest BCUT2D eigenvalue weighted by molar-refractivity contribution is 5.79. The van der Waals surface area contributed by atoms with E-state index in [4.69, 9.17) is 4.74 Å². The number of hydrogen-bond donors (Lipinski definition) is 0. The second kappa shape index (κ2) is 9.52. The van der Waals surface area contributed by atoms with E-state index in [9.17, 15) is 4.79 Å². The lowest BCUT2D eigenvalue weighted by Gasteiger charge is -2.39. The maximum absolute atomic E-state index is 13.1. The number of anilines is 1.